The van der Waals surface area contributed by atoms with E-state index in [9.17, 15) is 0 Å². The van der Waals surface area contributed by atoms with E-state index in [1.54, 1.807) is 0 Å². The van der Waals surface area contributed by atoms with Gasteiger partial charge >= 0.3 is 0 Å². The predicted octanol–water partition coefficient (Wildman–Crippen LogP) is 0.0823. The first-order valence-electron chi connectivity index (χ1n) is 12.8. The number of halogens is 2. The Balaban J connectivity index is 0.00000200. The Hall–Kier alpha value is -2.52. The number of aromatic nitrogens is 2. The fraction of sp³-hybridized carbons (Fsp3) is 0.182. The lowest BCUT2D eigenvalue weighted by molar-refractivity contribution is -0.696. The zero-order chi connectivity index (χ0) is 25.0. The minimum atomic E-state index is -1.78. The summed E-state index contributed by atoms with van der Waals surface area (Å²) in [6.07, 6.45) is 8.89. The highest BCUT2D eigenvalue weighted by Crippen LogP contribution is 2.55. The van der Waals surface area contributed by atoms with E-state index in [2.05, 4.69) is 152 Å². The van der Waals surface area contributed by atoms with Crippen molar-refractivity contribution in [2.24, 2.45) is 0 Å². The molecule has 0 radical (unpaired) electrons. The van der Waals surface area contributed by atoms with Crippen molar-refractivity contribution in [2.45, 2.75) is 33.7 Å². The second-order valence-corrected chi connectivity index (χ2v) is 13.3. The molecule has 0 aliphatic heterocycles. The Morgan fingerprint density at radius 1 is 0.658 bits per heavy atom. The minimum Gasteiger partial charge on any atom is -1.00 e. The molecule has 0 atom stereocenters. The number of hydrogen-bond acceptors (Lipinski definition) is 0. The Kier molecular flexibility index (Phi) is 10.7. The Bertz CT molecular complexity index is 1310. The van der Waals surface area contributed by atoms with Crippen molar-refractivity contribution in [1.29, 1.82) is 0 Å². The molecule has 5 heteroatoms. The van der Waals surface area contributed by atoms with E-state index in [4.69, 9.17) is 0 Å². The van der Waals surface area contributed by atoms with E-state index >= 15 is 0 Å². The smallest absolute Gasteiger partial charge is 0.248 e. The summed E-state index contributed by atoms with van der Waals surface area (Å²) in [4.78, 5) is 0. The number of rotatable bonds is 8. The van der Waals surface area contributed by atoms with Crippen LogP contribution in [0.25, 0.3) is 5.69 Å². The van der Waals surface area contributed by atoms with Gasteiger partial charge in [-0.2, -0.15) is 0 Å². The zero-order valence-corrected chi connectivity index (χ0v) is 26.3. The normalized spacial score (nSPS) is 10.9. The van der Waals surface area contributed by atoms with Gasteiger partial charge in [-0.15, -0.1) is 0 Å². The lowest BCUT2D eigenvalue weighted by atomic mass is 10.1. The highest BCUT2D eigenvalue weighted by molar-refractivity contribution is 7.95. The number of nitrogens with zero attached hydrogens (tertiary/aromatic N) is 2. The molecule has 0 aliphatic rings. The largest absolute Gasteiger partial charge is 1.00 e. The molecule has 5 aromatic rings. The standard InChI is InChI=1S/C33H35N2P.2BrH/c1-27-24-28(2)33(29(3)25-27)35-22-21-34(26-35)20-13-23-36(30-14-7-4-8-15-30,31-16-9-5-10-17-31)32-18-11-6-12-19-32;;/h4-12,14-19,21-22,24-26H,13,20,23H2,1-3H3;2*1H/q+2;;/p-2. The van der Waals surface area contributed by atoms with E-state index < -0.39 is 7.26 Å². The molecule has 1 aromatic heterocycles. The summed E-state index contributed by atoms with van der Waals surface area (Å²) in [6.45, 7) is 7.57. The fourth-order valence-electron chi connectivity index (χ4n) is 5.61. The topological polar surface area (TPSA) is 8.81 Å². The molecule has 0 N–H and O–H groups in total. The van der Waals surface area contributed by atoms with Gasteiger partial charge in [0.15, 0.2) is 0 Å². The molecule has 0 saturated heterocycles. The van der Waals surface area contributed by atoms with E-state index in [0.29, 0.717) is 0 Å². The third kappa shape index (κ3) is 6.20. The number of aryl methyl sites for hydroxylation is 4. The average Bonchev–Trinajstić information content (AvgIpc) is 3.36. The molecule has 0 fully saturated rings. The zero-order valence-electron chi connectivity index (χ0n) is 22.3. The predicted molar refractivity (Wildman–Crippen MR) is 155 cm³/mol. The number of hydrogen-bond donors (Lipinski definition) is 0. The molecule has 38 heavy (non-hydrogen) atoms. The second kappa shape index (κ2) is 13.5. The summed E-state index contributed by atoms with van der Waals surface area (Å²) in [7, 11) is -1.78. The first kappa shape index (κ1) is 30.0. The van der Waals surface area contributed by atoms with Crippen molar-refractivity contribution >= 4 is 23.2 Å². The van der Waals surface area contributed by atoms with E-state index in [-0.39, 0.29) is 34.0 Å². The van der Waals surface area contributed by atoms with Gasteiger partial charge in [0.05, 0.1) is 12.7 Å². The highest BCUT2D eigenvalue weighted by Gasteiger charge is 2.44. The SMILES string of the molecule is Cc1cc(C)c(-n2cc[n+](CCC[P+](c3ccccc3)(c3ccccc3)c3ccccc3)c2)c(C)c1.[Br-].[Br-]. The summed E-state index contributed by atoms with van der Waals surface area (Å²) in [6, 6.07) is 38.1. The highest BCUT2D eigenvalue weighted by atomic mass is 79.9. The quantitative estimate of drug-likeness (QED) is 0.167. The lowest BCUT2D eigenvalue weighted by Gasteiger charge is -2.27. The van der Waals surface area contributed by atoms with Gasteiger partial charge in [0.1, 0.15) is 41.3 Å². The van der Waals surface area contributed by atoms with E-state index in [1.165, 1.54) is 38.3 Å². The molecular formula is C33H35Br2N2P. The monoisotopic (exact) mass is 648 g/mol. The Labute approximate surface area is 249 Å². The summed E-state index contributed by atoms with van der Waals surface area (Å²) in [5, 5.41) is 4.36. The van der Waals surface area contributed by atoms with Crippen molar-refractivity contribution in [3.8, 4) is 5.69 Å². The molecule has 196 valence electrons. The summed E-state index contributed by atoms with van der Waals surface area (Å²) < 4.78 is 4.62. The van der Waals surface area contributed by atoms with Gasteiger partial charge in [-0.3, -0.25) is 0 Å². The molecule has 0 saturated carbocycles. The van der Waals surface area contributed by atoms with Crippen molar-refractivity contribution in [3.05, 3.63) is 139 Å². The molecule has 4 aromatic carbocycles. The van der Waals surface area contributed by atoms with Crippen LogP contribution < -0.4 is 54.4 Å². The molecular weight excluding hydrogens is 615 g/mol. The van der Waals surface area contributed by atoms with Crippen LogP contribution in [0, 0.1) is 20.8 Å². The summed E-state index contributed by atoms with van der Waals surface area (Å²) >= 11 is 0. The van der Waals surface area contributed by atoms with Crippen LogP contribution in [-0.2, 0) is 6.54 Å². The van der Waals surface area contributed by atoms with Gasteiger partial charge < -0.3 is 34.0 Å². The van der Waals surface area contributed by atoms with Crippen LogP contribution >= 0.6 is 7.26 Å². The molecule has 1 heterocycles. The summed E-state index contributed by atoms with van der Waals surface area (Å²) in [5.74, 6) is 0. The minimum absolute atomic E-state index is 0. The average molecular weight is 650 g/mol. The van der Waals surface area contributed by atoms with Crippen molar-refractivity contribution < 1.29 is 38.5 Å². The third-order valence-electron chi connectivity index (χ3n) is 7.09. The van der Waals surface area contributed by atoms with E-state index in [0.717, 1.165) is 19.1 Å². The van der Waals surface area contributed by atoms with Crippen LogP contribution in [0.15, 0.2) is 122 Å². The van der Waals surface area contributed by atoms with Crippen molar-refractivity contribution in [1.82, 2.24) is 4.57 Å². The molecule has 2 nitrogen and oxygen atoms in total. The van der Waals surface area contributed by atoms with Gasteiger partial charge in [-0.05, 0) is 68.3 Å². The molecule has 0 aliphatic carbocycles. The fourth-order valence-corrected chi connectivity index (χ4v) is 9.94. The molecule has 5 rings (SSSR count). The number of benzene rings is 4. The van der Waals surface area contributed by atoms with Crippen LogP contribution in [-0.4, -0.2) is 10.7 Å². The van der Waals surface area contributed by atoms with Gasteiger partial charge in [0, 0.05) is 6.42 Å². The van der Waals surface area contributed by atoms with Crippen LogP contribution in [0.3, 0.4) is 0 Å². The maximum absolute atomic E-state index is 2.34. The lowest BCUT2D eigenvalue weighted by Crippen LogP contribution is -3.00. The van der Waals surface area contributed by atoms with Crippen LogP contribution in [0.1, 0.15) is 23.1 Å². The van der Waals surface area contributed by atoms with Crippen molar-refractivity contribution in [3.63, 3.8) is 0 Å². The van der Waals surface area contributed by atoms with Gasteiger partial charge in [-0.25, -0.2) is 9.13 Å². The molecule has 0 spiro atoms. The van der Waals surface area contributed by atoms with Crippen LogP contribution in [0.4, 0.5) is 0 Å². The van der Waals surface area contributed by atoms with Crippen LogP contribution in [0.5, 0.6) is 0 Å². The molecule has 0 amide bonds. The molecule has 0 bridgehead atoms. The molecule has 0 unspecified atom stereocenters. The van der Waals surface area contributed by atoms with Crippen molar-refractivity contribution in [2.75, 3.05) is 6.16 Å². The van der Waals surface area contributed by atoms with Crippen LogP contribution in [0.2, 0.25) is 0 Å². The maximum Gasteiger partial charge on any atom is 0.248 e. The first-order chi connectivity index (χ1) is 17.6. The van der Waals surface area contributed by atoms with Gasteiger partial charge in [0.25, 0.3) is 0 Å². The Morgan fingerprint density at radius 3 is 1.55 bits per heavy atom. The van der Waals surface area contributed by atoms with Gasteiger partial charge in [-0.1, -0.05) is 72.3 Å². The maximum atomic E-state index is 2.34. The summed E-state index contributed by atoms with van der Waals surface area (Å²) in [5.41, 5.74) is 5.24. The van der Waals surface area contributed by atoms with Gasteiger partial charge in [0.2, 0.25) is 6.33 Å². The third-order valence-corrected chi connectivity index (χ3v) is 11.6. The first-order valence-corrected chi connectivity index (χ1v) is 14.8. The van der Waals surface area contributed by atoms with E-state index in [1.807, 2.05) is 0 Å². The second-order valence-electron chi connectivity index (χ2n) is 9.70. The Morgan fingerprint density at radius 2 is 1.11 bits per heavy atom. The number of imidazole rings is 1.